The third-order valence-electron chi connectivity index (χ3n) is 7.37. The summed E-state index contributed by atoms with van der Waals surface area (Å²) in [5, 5.41) is 3.48. The first-order valence-electron chi connectivity index (χ1n) is 13.5. The number of carbonyl (C=O) groups is 1. The van der Waals surface area contributed by atoms with Crippen molar-refractivity contribution in [1.82, 2.24) is 24.4 Å². The highest BCUT2D eigenvalue weighted by molar-refractivity contribution is 5.76. The molecule has 1 amide bonds. The van der Waals surface area contributed by atoms with Gasteiger partial charge in [0.2, 0.25) is 5.95 Å². The monoisotopic (exact) mass is 540 g/mol. The Bertz CT molecular complexity index is 1390. The Morgan fingerprint density at radius 3 is 2.41 bits per heavy atom. The molecule has 0 bridgehead atoms. The molecular weight excluding hydrogens is 506 g/mol. The van der Waals surface area contributed by atoms with Crippen LogP contribution in [-0.4, -0.2) is 49.2 Å². The summed E-state index contributed by atoms with van der Waals surface area (Å²) in [6.45, 7) is 6.83. The summed E-state index contributed by atoms with van der Waals surface area (Å²) in [6, 6.07) is 4.87. The smallest absolute Gasteiger partial charge is 0.410 e. The van der Waals surface area contributed by atoms with E-state index in [1.165, 1.54) is 16.8 Å². The Morgan fingerprint density at radius 2 is 1.79 bits per heavy atom. The van der Waals surface area contributed by atoms with Crippen LogP contribution >= 0.6 is 0 Å². The fourth-order valence-corrected chi connectivity index (χ4v) is 5.42. The van der Waals surface area contributed by atoms with Crippen LogP contribution < -0.4 is 10.9 Å². The van der Waals surface area contributed by atoms with Gasteiger partial charge in [-0.05, 0) is 70.1 Å². The minimum atomic E-state index is -2.86. The molecule has 1 saturated heterocycles. The van der Waals surface area contributed by atoms with Crippen LogP contribution in [0.4, 0.5) is 25.3 Å². The summed E-state index contributed by atoms with van der Waals surface area (Å²) in [5.74, 6) is 1.06. The van der Waals surface area contributed by atoms with Gasteiger partial charge in [-0.15, -0.1) is 0 Å². The molecule has 39 heavy (non-hydrogen) atoms. The topological polar surface area (TPSA) is 102 Å². The maximum Gasteiger partial charge on any atom is 0.410 e. The lowest BCUT2D eigenvalue weighted by molar-refractivity contribution is 0.0204. The molecule has 0 spiro atoms. The second-order valence-electron chi connectivity index (χ2n) is 11.3. The summed E-state index contributed by atoms with van der Waals surface area (Å²) in [6.07, 6.45) is 5.18. The predicted octanol–water partition coefficient (Wildman–Crippen LogP) is 6.10. The molecular formula is C28H34F2N6O3. The highest BCUT2D eigenvalue weighted by Crippen LogP contribution is 2.32. The van der Waals surface area contributed by atoms with E-state index in [4.69, 9.17) is 4.74 Å². The van der Waals surface area contributed by atoms with Gasteiger partial charge in [-0.1, -0.05) is 18.9 Å². The molecule has 0 atom stereocenters. The first-order chi connectivity index (χ1) is 18.6. The number of ether oxygens (including phenoxy) is 1. The third-order valence-corrected chi connectivity index (χ3v) is 7.37. The van der Waals surface area contributed by atoms with Gasteiger partial charge in [0.25, 0.3) is 12.0 Å². The van der Waals surface area contributed by atoms with Crippen LogP contribution in [0.1, 0.15) is 88.8 Å². The van der Waals surface area contributed by atoms with Crippen LogP contribution in [0.2, 0.25) is 0 Å². The molecule has 1 aliphatic heterocycles. The van der Waals surface area contributed by atoms with E-state index < -0.39 is 23.1 Å². The molecule has 208 valence electrons. The molecule has 9 nitrogen and oxygen atoms in total. The average molecular weight is 541 g/mol. The SMILES string of the molecule is CC(C)(C)OC(=O)N1CCC(c2ccc(Nc3ncc4cc(C(F)F)c(=O)n(C5CCCC5)c4n3)nc2)CC1. The van der Waals surface area contributed by atoms with Crippen LogP contribution in [0, 0.1) is 0 Å². The van der Waals surface area contributed by atoms with Gasteiger partial charge in [-0.2, -0.15) is 4.98 Å². The van der Waals surface area contributed by atoms with Crippen LogP contribution in [0.3, 0.4) is 0 Å². The Morgan fingerprint density at radius 1 is 1.08 bits per heavy atom. The number of rotatable bonds is 5. The number of nitrogens with one attached hydrogen (secondary N) is 1. The molecule has 1 N–H and O–H groups in total. The lowest BCUT2D eigenvalue weighted by atomic mass is 9.90. The van der Waals surface area contributed by atoms with E-state index in [-0.39, 0.29) is 24.0 Å². The molecule has 5 rings (SSSR count). The molecule has 4 heterocycles. The second-order valence-corrected chi connectivity index (χ2v) is 11.3. The standard InChI is InChI=1S/C28H34F2N6O3/c1-28(2,3)39-27(38)35-12-10-17(11-13-35)18-8-9-22(31-15-18)33-26-32-16-19-14-21(23(29)30)25(37)36(24(19)34-26)20-6-4-5-7-20/h8-9,14-17,20,23H,4-7,10-13H2,1-3H3,(H,31,32,33,34). The Balaban J connectivity index is 1.30. The molecule has 2 aliphatic rings. The lowest BCUT2D eigenvalue weighted by Crippen LogP contribution is -2.41. The first-order valence-corrected chi connectivity index (χ1v) is 13.5. The number of amides is 1. The second kappa shape index (κ2) is 10.9. The van der Waals surface area contributed by atoms with Crippen molar-refractivity contribution < 1.29 is 18.3 Å². The van der Waals surface area contributed by atoms with Crippen LogP contribution in [0.25, 0.3) is 11.0 Å². The van der Waals surface area contributed by atoms with E-state index in [2.05, 4.69) is 20.3 Å². The third kappa shape index (κ3) is 6.02. The maximum atomic E-state index is 13.6. The number of likely N-dealkylation sites (tertiary alicyclic amines) is 1. The van der Waals surface area contributed by atoms with Crippen LogP contribution in [0.15, 0.2) is 35.4 Å². The number of alkyl halides is 2. The van der Waals surface area contributed by atoms with E-state index >= 15 is 0 Å². The zero-order valence-electron chi connectivity index (χ0n) is 22.5. The number of anilines is 2. The highest BCUT2D eigenvalue weighted by Gasteiger charge is 2.28. The first kappa shape index (κ1) is 27.0. The van der Waals surface area contributed by atoms with Gasteiger partial charge >= 0.3 is 6.09 Å². The summed E-state index contributed by atoms with van der Waals surface area (Å²) in [5.41, 5.74) is -0.291. The number of pyridine rings is 2. The average Bonchev–Trinajstić information content (AvgIpc) is 3.42. The number of hydrogen-bond donors (Lipinski definition) is 1. The number of piperidine rings is 1. The maximum absolute atomic E-state index is 13.6. The Labute approximate surface area is 225 Å². The van der Waals surface area contributed by atoms with Gasteiger partial charge < -0.3 is 15.0 Å². The molecule has 1 aliphatic carbocycles. The lowest BCUT2D eigenvalue weighted by Gasteiger charge is -2.33. The zero-order chi connectivity index (χ0) is 27.7. The highest BCUT2D eigenvalue weighted by atomic mass is 19.3. The van der Waals surface area contributed by atoms with Crippen molar-refractivity contribution >= 4 is 28.9 Å². The minimum absolute atomic E-state index is 0.152. The van der Waals surface area contributed by atoms with Crippen molar-refractivity contribution in [2.75, 3.05) is 18.4 Å². The van der Waals surface area contributed by atoms with E-state index in [1.807, 2.05) is 32.9 Å². The molecule has 3 aromatic rings. The van der Waals surface area contributed by atoms with Gasteiger partial charge in [0.1, 0.15) is 17.1 Å². The molecule has 3 aromatic heterocycles. The predicted molar refractivity (Wildman–Crippen MR) is 144 cm³/mol. The minimum Gasteiger partial charge on any atom is -0.444 e. The van der Waals surface area contributed by atoms with Gasteiger partial charge in [0, 0.05) is 36.9 Å². The Kier molecular flexibility index (Phi) is 7.51. The zero-order valence-corrected chi connectivity index (χ0v) is 22.5. The molecule has 0 unspecified atom stereocenters. The quantitative estimate of drug-likeness (QED) is 0.417. The fourth-order valence-electron chi connectivity index (χ4n) is 5.42. The fraction of sp³-hybridized carbons (Fsp3) is 0.536. The summed E-state index contributed by atoms with van der Waals surface area (Å²) < 4.78 is 34.1. The number of carbonyl (C=O) groups excluding carboxylic acids is 1. The summed E-state index contributed by atoms with van der Waals surface area (Å²) in [4.78, 5) is 40.4. The normalized spacial score (nSPS) is 17.2. The van der Waals surface area contributed by atoms with Crippen LogP contribution in [0.5, 0.6) is 0 Å². The summed E-state index contributed by atoms with van der Waals surface area (Å²) in [7, 11) is 0. The van der Waals surface area contributed by atoms with Gasteiger partial charge in [0.05, 0.1) is 5.56 Å². The number of hydrogen-bond acceptors (Lipinski definition) is 7. The number of fused-ring (bicyclic) bond motifs is 1. The van der Waals surface area contributed by atoms with Crippen molar-refractivity contribution in [3.05, 3.63) is 52.1 Å². The summed E-state index contributed by atoms with van der Waals surface area (Å²) >= 11 is 0. The Hall–Kier alpha value is -3.63. The molecule has 1 saturated carbocycles. The van der Waals surface area contributed by atoms with E-state index in [9.17, 15) is 18.4 Å². The van der Waals surface area contributed by atoms with Crippen LogP contribution in [-0.2, 0) is 4.74 Å². The van der Waals surface area contributed by atoms with E-state index in [0.29, 0.717) is 29.9 Å². The van der Waals surface area contributed by atoms with E-state index in [0.717, 1.165) is 44.1 Å². The van der Waals surface area contributed by atoms with E-state index in [1.54, 1.807) is 11.1 Å². The molecule has 2 fully saturated rings. The van der Waals surface area contributed by atoms with Crippen molar-refractivity contribution in [2.24, 2.45) is 0 Å². The van der Waals surface area contributed by atoms with Gasteiger partial charge in [-0.25, -0.2) is 23.5 Å². The van der Waals surface area contributed by atoms with Gasteiger partial charge in [0.15, 0.2) is 0 Å². The largest absolute Gasteiger partial charge is 0.444 e. The van der Waals surface area contributed by atoms with Crippen molar-refractivity contribution in [3.63, 3.8) is 0 Å². The number of aromatic nitrogens is 4. The van der Waals surface area contributed by atoms with Crippen molar-refractivity contribution in [3.8, 4) is 0 Å². The number of nitrogens with zero attached hydrogens (tertiary/aromatic N) is 5. The molecule has 11 heteroatoms. The number of halogens is 2. The van der Waals surface area contributed by atoms with Gasteiger partial charge in [-0.3, -0.25) is 9.36 Å². The van der Waals surface area contributed by atoms with Crippen molar-refractivity contribution in [1.29, 1.82) is 0 Å². The molecule has 0 aromatic carbocycles. The van der Waals surface area contributed by atoms with Crippen molar-refractivity contribution in [2.45, 2.75) is 83.3 Å². The molecule has 0 radical (unpaired) electrons.